The normalized spacial score (nSPS) is 17.2. The van der Waals surface area contributed by atoms with E-state index in [0.717, 1.165) is 18.4 Å². The Morgan fingerprint density at radius 2 is 2.21 bits per heavy atom. The van der Waals surface area contributed by atoms with Crippen LogP contribution in [-0.2, 0) is 0 Å². The molecular formula is C18H18N4O2. The molecule has 1 aliphatic heterocycles. The monoisotopic (exact) mass is 322 g/mol. The summed E-state index contributed by atoms with van der Waals surface area (Å²) in [7, 11) is 0. The average molecular weight is 322 g/mol. The maximum atomic E-state index is 12.7. The molecular weight excluding hydrogens is 304 g/mol. The quantitative estimate of drug-likeness (QED) is 0.866. The van der Waals surface area contributed by atoms with Crippen molar-refractivity contribution in [2.24, 2.45) is 0 Å². The summed E-state index contributed by atoms with van der Waals surface area (Å²) >= 11 is 0. The maximum Gasteiger partial charge on any atom is 0.253 e. The molecule has 0 aliphatic carbocycles. The van der Waals surface area contributed by atoms with Crippen LogP contribution in [-0.4, -0.2) is 40.0 Å². The van der Waals surface area contributed by atoms with Crippen molar-refractivity contribution in [2.75, 3.05) is 13.1 Å². The average Bonchev–Trinajstić information content (AvgIpc) is 2.62. The van der Waals surface area contributed by atoms with Gasteiger partial charge in [0.25, 0.3) is 11.8 Å². The minimum Gasteiger partial charge on any atom is -0.470 e. The second-order valence-electron chi connectivity index (χ2n) is 5.82. The summed E-state index contributed by atoms with van der Waals surface area (Å²) in [6, 6.07) is 9.55. The number of aryl methyl sites for hydroxylation is 1. The zero-order chi connectivity index (χ0) is 16.9. The minimum absolute atomic E-state index is 0.00616. The van der Waals surface area contributed by atoms with Crippen LogP contribution in [0.2, 0.25) is 0 Å². The predicted octanol–water partition coefficient (Wildman–Crippen LogP) is 2.34. The molecule has 0 bridgehead atoms. The Balaban J connectivity index is 1.70. The lowest BCUT2D eigenvalue weighted by atomic mass is 10.1. The fourth-order valence-corrected chi connectivity index (χ4v) is 2.83. The number of amides is 1. The van der Waals surface area contributed by atoms with Crippen molar-refractivity contribution in [3.63, 3.8) is 0 Å². The fourth-order valence-electron chi connectivity index (χ4n) is 2.83. The minimum atomic E-state index is -0.184. The number of carbonyl (C=O) groups is 1. The van der Waals surface area contributed by atoms with Crippen molar-refractivity contribution in [1.82, 2.24) is 14.9 Å². The van der Waals surface area contributed by atoms with Gasteiger partial charge in [-0.25, -0.2) is 9.97 Å². The van der Waals surface area contributed by atoms with Crippen LogP contribution in [0.3, 0.4) is 0 Å². The van der Waals surface area contributed by atoms with Crippen LogP contribution >= 0.6 is 0 Å². The number of hydrogen-bond donors (Lipinski definition) is 0. The lowest BCUT2D eigenvalue weighted by molar-refractivity contribution is 0.0526. The highest BCUT2D eigenvalue weighted by Gasteiger charge is 2.26. The van der Waals surface area contributed by atoms with Crippen molar-refractivity contribution in [3.8, 4) is 11.9 Å². The van der Waals surface area contributed by atoms with Crippen molar-refractivity contribution in [2.45, 2.75) is 25.9 Å². The molecule has 24 heavy (non-hydrogen) atoms. The summed E-state index contributed by atoms with van der Waals surface area (Å²) in [5.41, 5.74) is 1.91. The van der Waals surface area contributed by atoms with Crippen LogP contribution in [0.25, 0.3) is 0 Å². The van der Waals surface area contributed by atoms with E-state index in [9.17, 15) is 4.79 Å². The maximum absolute atomic E-state index is 12.7. The second kappa shape index (κ2) is 7.09. The summed E-state index contributed by atoms with van der Waals surface area (Å²) in [6.07, 6.45) is 4.44. The highest BCUT2D eigenvalue weighted by atomic mass is 16.5. The first-order valence-electron chi connectivity index (χ1n) is 7.91. The third-order valence-corrected chi connectivity index (χ3v) is 3.98. The van der Waals surface area contributed by atoms with Crippen molar-refractivity contribution in [1.29, 1.82) is 5.26 Å². The summed E-state index contributed by atoms with van der Waals surface area (Å²) in [5, 5.41) is 9.07. The highest BCUT2D eigenvalue weighted by molar-refractivity contribution is 5.94. The third-order valence-electron chi connectivity index (χ3n) is 3.98. The van der Waals surface area contributed by atoms with E-state index >= 15 is 0 Å². The van der Waals surface area contributed by atoms with Gasteiger partial charge in [0.15, 0.2) is 0 Å². The van der Waals surface area contributed by atoms with Gasteiger partial charge in [-0.15, -0.1) is 0 Å². The molecule has 0 radical (unpaired) electrons. The Hall–Kier alpha value is -2.94. The number of likely N-dealkylation sites (tertiary alicyclic amines) is 1. The van der Waals surface area contributed by atoms with Crippen LogP contribution in [0, 0.1) is 18.3 Å². The second-order valence-corrected chi connectivity index (χ2v) is 5.82. The topological polar surface area (TPSA) is 79.1 Å². The molecule has 1 saturated heterocycles. The van der Waals surface area contributed by atoms with E-state index in [1.54, 1.807) is 4.90 Å². The molecule has 0 spiro atoms. The molecule has 1 fully saturated rings. The van der Waals surface area contributed by atoms with Crippen molar-refractivity contribution in [3.05, 3.63) is 53.5 Å². The van der Waals surface area contributed by atoms with E-state index in [4.69, 9.17) is 10.00 Å². The van der Waals surface area contributed by atoms with E-state index in [1.807, 2.05) is 37.3 Å². The van der Waals surface area contributed by atoms with E-state index in [1.165, 1.54) is 12.4 Å². The van der Waals surface area contributed by atoms with E-state index in [2.05, 4.69) is 9.97 Å². The SMILES string of the molecule is Cc1cccc(C(=O)N2CCCC(Oc3nccnc3C#N)C2)c1. The van der Waals surface area contributed by atoms with E-state index in [0.29, 0.717) is 18.7 Å². The number of aromatic nitrogens is 2. The standard InChI is InChI=1S/C18H18N4O2/c1-13-4-2-5-14(10-13)18(23)22-9-3-6-15(12-22)24-17-16(11-19)20-7-8-21-17/h2,4-5,7-8,10,15H,3,6,9,12H2,1H3. The largest absolute Gasteiger partial charge is 0.470 e. The lowest BCUT2D eigenvalue weighted by Gasteiger charge is -2.32. The van der Waals surface area contributed by atoms with Gasteiger partial charge in [0, 0.05) is 24.5 Å². The molecule has 1 atom stereocenters. The van der Waals surface area contributed by atoms with Gasteiger partial charge in [-0.2, -0.15) is 5.26 Å². The number of rotatable bonds is 3. The fraction of sp³-hybridized carbons (Fsp3) is 0.333. The Labute approximate surface area is 140 Å². The number of benzene rings is 1. The molecule has 1 aromatic carbocycles. The Kier molecular flexibility index (Phi) is 4.71. The van der Waals surface area contributed by atoms with Crippen molar-refractivity contribution < 1.29 is 9.53 Å². The number of nitrogens with zero attached hydrogens (tertiary/aromatic N) is 4. The molecule has 1 unspecified atom stereocenters. The molecule has 0 N–H and O–H groups in total. The highest BCUT2D eigenvalue weighted by Crippen LogP contribution is 2.20. The van der Waals surface area contributed by atoms with E-state index in [-0.39, 0.29) is 23.6 Å². The van der Waals surface area contributed by atoms with Crippen molar-refractivity contribution >= 4 is 5.91 Å². The van der Waals surface area contributed by atoms with Gasteiger partial charge in [0.2, 0.25) is 5.69 Å². The smallest absolute Gasteiger partial charge is 0.253 e. The number of hydrogen-bond acceptors (Lipinski definition) is 5. The van der Waals surface area contributed by atoms with Crippen LogP contribution < -0.4 is 4.74 Å². The first-order valence-corrected chi connectivity index (χ1v) is 7.91. The molecule has 1 aromatic heterocycles. The summed E-state index contributed by atoms with van der Waals surface area (Å²) in [4.78, 5) is 22.5. The first kappa shape index (κ1) is 15.9. The molecule has 2 aromatic rings. The number of ether oxygens (including phenoxy) is 1. The Bertz CT molecular complexity index is 785. The molecule has 2 heterocycles. The van der Waals surface area contributed by atoms with Gasteiger partial charge in [-0.1, -0.05) is 17.7 Å². The van der Waals surface area contributed by atoms with Crippen LogP contribution in [0.4, 0.5) is 0 Å². The van der Waals surface area contributed by atoms with E-state index < -0.39 is 0 Å². The number of carbonyl (C=O) groups excluding carboxylic acids is 1. The number of piperidine rings is 1. The molecule has 6 nitrogen and oxygen atoms in total. The van der Waals surface area contributed by atoms with Gasteiger partial charge in [0.05, 0.1) is 6.54 Å². The summed E-state index contributed by atoms with van der Waals surface area (Å²) in [6.45, 7) is 3.16. The van der Waals surface area contributed by atoms with Gasteiger partial charge in [0.1, 0.15) is 12.2 Å². The zero-order valence-corrected chi connectivity index (χ0v) is 13.5. The summed E-state index contributed by atoms with van der Waals surface area (Å²) in [5.74, 6) is 0.238. The summed E-state index contributed by atoms with van der Waals surface area (Å²) < 4.78 is 5.83. The van der Waals surface area contributed by atoms with Crippen LogP contribution in [0.1, 0.15) is 34.5 Å². The Morgan fingerprint density at radius 3 is 3.00 bits per heavy atom. The van der Waals surface area contributed by atoms with Gasteiger partial charge in [-0.05, 0) is 31.9 Å². The van der Waals surface area contributed by atoms with Crippen LogP contribution in [0.15, 0.2) is 36.7 Å². The Morgan fingerprint density at radius 1 is 1.38 bits per heavy atom. The molecule has 6 heteroatoms. The molecule has 3 rings (SSSR count). The first-order chi connectivity index (χ1) is 11.7. The molecule has 1 amide bonds. The van der Waals surface area contributed by atoms with Gasteiger partial charge >= 0.3 is 0 Å². The lowest BCUT2D eigenvalue weighted by Crippen LogP contribution is -2.44. The van der Waals surface area contributed by atoms with Crippen LogP contribution in [0.5, 0.6) is 5.88 Å². The third kappa shape index (κ3) is 3.51. The number of nitriles is 1. The zero-order valence-electron chi connectivity index (χ0n) is 13.5. The molecule has 1 aliphatic rings. The predicted molar refractivity (Wildman–Crippen MR) is 87.5 cm³/mol. The molecule has 122 valence electrons. The van der Waals surface area contributed by atoms with Gasteiger partial charge in [-0.3, -0.25) is 4.79 Å². The molecule has 0 saturated carbocycles. The van der Waals surface area contributed by atoms with Gasteiger partial charge < -0.3 is 9.64 Å².